The largest absolute Gasteiger partial charge is 0.348 e. The number of carbonyl (C=O) groups excluding carboxylic acids is 2. The first kappa shape index (κ1) is 21.6. The summed E-state index contributed by atoms with van der Waals surface area (Å²) in [4.78, 5) is 26.8. The molecule has 0 heterocycles. The van der Waals surface area contributed by atoms with Crippen LogP contribution in [0.25, 0.3) is 0 Å². The van der Waals surface area contributed by atoms with Crippen molar-refractivity contribution in [3.05, 3.63) is 65.7 Å². The number of hydrogen-bond acceptors (Lipinski definition) is 3. The van der Waals surface area contributed by atoms with Gasteiger partial charge in [-0.05, 0) is 45.0 Å². The van der Waals surface area contributed by atoms with E-state index in [2.05, 4.69) is 17.6 Å². The van der Waals surface area contributed by atoms with Gasteiger partial charge < -0.3 is 10.6 Å². The third kappa shape index (κ3) is 6.50. The van der Waals surface area contributed by atoms with Crippen molar-refractivity contribution in [1.29, 1.82) is 0 Å². The molecular weight excluding hydrogens is 350 g/mol. The van der Waals surface area contributed by atoms with Crippen molar-refractivity contribution >= 4 is 17.5 Å². The molecule has 2 atom stereocenters. The maximum Gasteiger partial charge on any atom is 0.238 e. The quantitative estimate of drug-likeness (QED) is 0.692. The van der Waals surface area contributed by atoms with Crippen LogP contribution >= 0.6 is 0 Å². The summed E-state index contributed by atoms with van der Waals surface area (Å²) in [5.41, 5.74) is 3.00. The van der Waals surface area contributed by atoms with Crippen LogP contribution in [0.3, 0.4) is 0 Å². The third-order valence-electron chi connectivity index (χ3n) is 4.86. The van der Waals surface area contributed by atoms with Gasteiger partial charge in [-0.25, -0.2) is 0 Å². The number of amides is 2. The molecule has 5 nitrogen and oxygen atoms in total. The summed E-state index contributed by atoms with van der Waals surface area (Å²) in [5, 5.41) is 6.00. The molecule has 2 aromatic carbocycles. The van der Waals surface area contributed by atoms with Crippen LogP contribution < -0.4 is 10.6 Å². The van der Waals surface area contributed by atoms with Crippen molar-refractivity contribution in [3.63, 3.8) is 0 Å². The number of likely N-dealkylation sites (N-methyl/N-ethyl adjacent to an activating group) is 1. The normalized spacial score (nSPS) is 13.0. The summed E-state index contributed by atoms with van der Waals surface area (Å²) in [7, 11) is 1.79. The summed E-state index contributed by atoms with van der Waals surface area (Å²) in [5.74, 6) is -0.216. The summed E-state index contributed by atoms with van der Waals surface area (Å²) in [6.07, 6.45) is 1.85. The highest BCUT2D eigenvalue weighted by atomic mass is 16.2. The van der Waals surface area contributed by atoms with Gasteiger partial charge in [-0.15, -0.1) is 0 Å². The van der Waals surface area contributed by atoms with E-state index >= 15 is 0 Å². The highest BCUT2D eigenvalue weighted by molar-refractivity contribution is 5.92. The molecule has 2 N–H and O–H groups in total. The van der Waals surface area contributed by atoms with Crippen LogP contribution in [0.5, 0.6) is 0 Å². The third-order valence-corrected chi connectivity index (χ3v) is 4.86. The van der Waals surface area contributed by atoms with Gasteiger partial charge in [0, 0.05) is 5.69 Å². The average molecular weight is 382 g/mol. The number of carbonyl (C=O) groups is 2. The average Bonchev–Trinajstić information content (AvgIpc) is 2.69. The maximum atomic E-state index is 12.7. The second-order valence-corrected chi connectivity index (χ2v) is 7.27. The van der Waals surface area contributed by atoms with E-state index in [1.807, 2.05) is 68.4 Å². The zero-order valence-corrected chi connectivity index (χ0v) is 17.2. The van der Waals surface area contributed by atoms with Gasteiger partial charge in [-0.2, -0.15) is 0 Å². The smallest absolute Gasteiger partial charge is 0.238 e. The Kier molecular flexibility index (Phi) is 8.20. The van der Waals surface area contributed by atoms with Gasteiger partial charge in [-0.3, -0.25) is 14.5 Å². The van der Waals surface area contributed by atoms with Crippen molar-refractivity contribution in [3.8, 4) is 0 Å². The number of nitrogens with one attached hydrogen (secondary N) is 2. The fourth-order valence-electron chi connectivity index (χ4n) is 2.99. The predicted octanol–water partition coefficient (Wildman–Crippen LogP) is 3.91. The summed E-state index contributed by atoms with van der Waals surface area (Å²) >= 11 is 0. The zero-order chi connectivity index (χ0) is 20.5. The van der Waals surface area contributed by atoms with Crippen molar-refractivity contribution in [2.45, 2.75) is 45.7 Å². The molecule has 0 aliphatic carbocycles. The lowest BCUT2D eigenvalue weighted by Gasteiger charge is -2.26. The Morgan fingerprint density at radius 1 is 1.04 bits per heavy atom. The van der Waals surface area contributed by atoms with Crippen LogP contribution in [0.15, 0.2) is 54.6 Å². The molecule has 0 aliphatic heterocycles. The van der Waals surface area contributed by atoms with Crippen LogP contribution in [-0.2, 0) is 9.59 Å². The SMILES string of the molecule is CCC[C@@H](NC(=O)[C@H](C)N(C)CC(=O)Nc1ccc(C)cc1)c1ccccc1. The number of aryl methyl sites for hydroxylation is 1. The molecule has 0 radical (unpaired) electrons. The number of benzene rings is 2. The molecule has 2 amide bonds. The molecule has 0 saturated heterocycles. The van der Waals surface area contributed by atoms with Crippen molar-refractivity contribution in [2.75, 3.05) is 18.9 Å². The molecular formula is C23H31N3O2. The maximum absolute atomic E-state index is 12.7. The lowest BCUT2D eigenvalue weighted by atomic mass is 10.0. The summed E-state index contributed by atoms with van der Waals surface area (Å²) < 4.78 is 0. The van der Waals surface area contributed by atoms with E-state index in [-0.39, 0.29) is 24.4 Å². The van der Waals surface area contributed by atoms with Gasteiger partial charge in [-0.1, -0.05) is 61.4 Å². The highest BCUT2D eigenvalue weighted by Crippen LogP contribution is 2.18. The van der Waals surface area contributed by atoms with E-state index in [0.717, 1.165) is 29.7 Å². The van der Waals surface area contributed by atoms with Gasteiger partial charge in [0.15, 0.2) is 0 Å². The lowest BCUT2D eigenvalue weighted by molar-refractivity contribution is -0.127. The first-order valence-electron chi connectivity index (χ1n) is 9.82. The van der Waals surface area contributed by atoms with E-state index in [1.54, 1.807) is 11.9 Å². The van der Waals surface area contributed by atoms with Crippen molar-refractivity contribution in [2.24, 2.45) is 0 Å². The van der Waals surface area contributed by atoms with Crippen LogP contribution in [0.1, 0.15) is 43.9 Å². The van der Waals surface area contributed by atoms with Crippen LogP contribution in [-0.4, -0.2) is 36.3 Å². The molecule has 0 fully saturated rings. The molecule has 0 aliphatic rings. The summed E-state index contributed by atoms with van der Waals surface area (Å²) in [6.45, 7) is 6.07. The van der Waals surface area contributed by atoms with E-state index in [4.69, 9.17) is 0 Å². The Labute approximate surface area is 168 Å². The topological polar surface area (TPSA) is 61.4 Å². The summed E-state index contributed by atoms with van der Waals surface area (Å²) in [6, 6.07) is 17.2. The Bertz CT molecular complexity index is 759. The monoisotopic (exact) mass is 381 g/mol. The zero-order valence-electron chi connectivity index (χ0n) is 17.2. The Hall–Kier alpha value is -2.66. The molecule has 0 spiro atoms. The molecule has 0 saturated carbocycles. The van der Waals surface area contributed by atoms with Crippen LogP contribution in [0.2, 0.25) is 0 Å². The van der Waals surface area contributed by atoms with E-state index in [0.29, 0.717) is 0 Å². The van der Waals surface area contributed by atoms with Crippen molar-refractivity contribution < 1.29 is 9.59 Å². The van der Waals surface area contributed by atoms with E-state index in [9.17, 15) is 9.59 Å². The van der Waals surface area contributed by atoms with E-state index < -0.39 is 6.04 Å². The molecule has 0 bridgehead atoms. The predicted molar refractivity (Wildman–Crippen MR) is 114 cm³/mol. The number of nitrogens with zero attached hydrogens (tertiary/aromatic N) is 1. The molecule has 5 heteroatoms. The van der Waals surface area contributed by atoms with Gasteiger partial charge >= 0.3 is 0 Å². The van der Waals surface area contributed by atoms with Crippen molar-refractivity contribution in [1.82, 2.24) is 10.2 Å². The molecule has 0 unspecified atom stereocenters. The van der Waals surface area contributed by atoms with Gasteiger partial charge in [0.25, 0.3) is 0 Å². The van der Waals surface area contributed by atoms with Crippen LogP contribution in [0.4, 0.5) is 5.69 Å². The second kappa shape index (κ2) is 10.6. The minimum absolute atomic E-state index is 0.0177. The standard InChI is InChI=1S/C23H31N3O2/c1-5-9-21(19-10-7-6-8-11-19)25-23(28)18(3)26(4)16-22(27)24-20-14-12-17(2)13-15-20/h6-8,10-15,18,21H,5,9,16H2,1-4H3,(H,24,27)(H,25,28)/t18-,21+/m0/s1. The fourth-order valence-corrected chi connectivity index (χ4v) is 2.99. The highest BCUT2D eigenvalue weighted by Gasteiger charge is 2.23. The Morgan fingerprint density at radius 3 is 2.29 bits per heavy atom. The second-order valence-electron chi connectivity index (χ2n) is 7.27. The van der Waals surface area contributed by atoms with Gasteiger partial charge in [0.2, 0.25) is 11.8 Å². The molecule has 150 valence electrons. The number of hydrogen-bond donors (Lipinski definition) is 2. The number of rotatable bonds is 9. The fraction of sp³-hybridized carbons (Fsp3) is 0.391. The molecule has 0 aromatic heterocycles. The first-order valence-corrected chi connectivity index (χ1v) is 9.82. The first-order chi connectivity index (χ1) is 13.4. The molecule has 2 rings (SSSR count). The number of anilines is 1. The van der Waals surface area contributed by atoms with E-state index in [1.165, 1.54) is 0 Å². The molecule has 2 aromatic rings. The van der Waals surface area contributed by atoms with Gasteiger partial charge in [0.1, 0.15) is 0 Å². The Balaban J connectivity index is 1.91. The van der Waals surface area contributed by atoms with Crippen LogP contribution in [0, 0.1) is 6.92 Å². The minimum atomic E-state index is -0.410. The minimum Gasteiger partial charge on any atom is -0.348 e. The lowest BCUT2D eigenvalue weighted by Crippen LogP contribution is -2.46. The molecule has 28 heavy (non-hydrogen) atoms. The van der Waals surface area contributed by atoms with Gasteiger partial charge in [0.05, 0.1) is 18.6 Å². The Morgan fingerprint density at radius 2 is 1.68 bits per heavy atom.